The molecule has 3 atom stereocenters. The summed E-state index contributed by atoms with van der Waals surface area (Å²) in [5.41, 5.74) is -3.30. The highest BCUT2D eigenvalue weighted by atomic mass is 16.5. The van der Waals surface area contributed by atoms with Gasteiger partial charge in [0.05, 0.1) is 24.2 Å². The highest BCUT2D eigenvalue weighted by Crippen LogP contribution is 2.49. The van der Waals surface area contributed by atoms with Gasteiger partial charge in [0, 0.05) is 22.2 Å². The third-order valence-electron chi connectivity index (χ3n) is 8.23. The van der Waals surface area contributed by atoms with E-state index in [1.807, 2.05) is 6.92 Å². The van der Waals surface area contributed by atoms with Gasteiger partial charge in [-0.2, -0.15) is 0 Å². The summed E-state index contributed by atoms with van der Waals surface area (Å²) in [4.78, 5) is 53.3. The van der Waals surface area contributed by atoms with Crippen LogP contribution in [0.15, 0.2) is 61.4 Å². The molecule has 0 radical (unpaired) electrons. The van der Waals surface area contributed by atoms with E-state index < -0.39 is 39.5 Å². The molecule has 44 heavy (non-hydrogen) atoms. The summed E-state index contributed by atoms with van der Waals surface area (Å²) in [5, 5.41) is 25.3. The lowest BCUT2D eigenvalue weighted by Crippen LogP contribution is -2.48. The van der Waals surface area contributed by atoms with Gasteiger partial charge in [-0.3, -0.25) is 19.2 Å². The van der Waals surface area contributed by atoms with Crippen molar-refractivity contribution in [2.75, 3.05) is 17.7 Å². The molecule has 0 aliphatic rings. The Morgan fingerprint density at radius 3 is 1.73 bits per heavy atom. The van der Waals surface area contributed by atoms with E-state index in [9.17, 15) is 29.4 Å². The fraction of sp³-hybridized carbons (Fsp3) is 0.471. The minimum atomic E-state index is -1.39. The number of benzene rings is 2. The number of esters is 1. The maximum atomic E-state index is 14.2. The molecular weight excluding hydrogens is 564 g/mol. The Kier molecular flexibility index (Phi) is 11.8. The standard InChI is InChI=1S/C34H46N2O8/c1-9-32(5,27(38)35-25-15-17-26(37)18-16-25)21-33(6,22-34(7,30(42)43-8)20-31(3,4)29(40)41)28(39)36-24-13-11-23(12-14-24)19-44-10-2/h10-18,37H,2,9,19-22H2,1,3-8H3,(H,35,38)(H,36,39)(H,40,41). The van der Waals surface area contributed by atoms with Crippen LogP contribution in [0.1, 0.15) is 72.8 Å². The lowest BCUT2D eigenvalue weighted by Gasteiger charge is -2.43. The number of nitrogens with one attached hydrogen (secondary N) is 2. The normalized spacial score (nSPS) is 15.4. The second-order valence-corrected chi connectivity index (χ2v) is 12.9. The Balaban J connectivity index is 2.55. The van der Waals surface area contributed by atoms with Crippen LogP contribution in [0.4, 0.5) is 11.4 Å². The van der Waals surface area contributed by atoms with Gasteiger partial charge in [-0.1, -0.05) is 39.5 Å². The van der Waals surface area contributed by atoms with Crippen LogP contribution in [0.2, 0.25) is 0 Å². The predicted molar refractivity (Wildman–Crippen MR) is 169 cm³/mol. The van der Waals surface area contributed by atoms with E-state index in [1.54, 1.807) is 57.2 Å². The zero-order valence-corrected chi connectivity index (χ0v) is 26.8. The molecule has 2 aromatic rings. The lowest BCUT2D eigenvalue weighted by atomic mass is 9.61. The summed E-state index contributed by atoms with van der Waals surface area (Å²) < 4.78 is 10.4. The lowest BCUT2D eigenvalue weighted by molar-refractivity contribution is -0.161. The Bertz CT molecular complexity index is 1340. The van der Waals surface area contributed by atoms with Gasteiger partial charge in [-0.05, 0) is 88.4 Å². The van der Waals surface area contributed by atoms with Gasteiger partial charge in [0.2, 0.25) is 11.8 Å². The summed E-state index contributed by atoms with van der Waals surface area (Å²) in [6, 6.07) is 13.1. The number of anilines is 2. The molecule has 10 heteroatoms. The number of methoxy groups -OCH3 is 1. The number of aliphatic carboxylic acids is 1. The number of amides is 2. The van der Waals surface area contributed by atoms with E-state index in [0.29, 0.717) is 24.4 Å². The van der Waals surface area contributed by atoms with Crippen LogP contribution in [0, 0.1) is 21.7 Å². The minimum Gasteiger partial charge on any atom is -0.508 e. The fourth-order valence-corrected chi connectivity index (χ4v) is 5.76. The maximum Gasteiger partial charge on any atom is 0.311 e. The number of ether oxygens (including phenoxy) is 2. The summed E-state index contributed by atoms with van der Waals surface area (Å²) in [7, 11) is 1.23. The van der Waals surface area contributed by atoms with Crippen molar-refractivity contribution < 1.29 is 38.9 Å². The predicted octanol–water partition coefficient (Wildman–Crippen LogP) is 6.51. The topological polar surface area (TPSA) is 151 Å². The number of rotatable bonds is 16. The van der Waals surface area contributed by atoms with Crippen molar-refractivity contribution in [3.63, 3.8) is 0 Å². The molecule has 10 nitrogen and oxygen atoms in total. The van der Waals surface area contributed by atoms with Gasteiger partial charge in [0.15, 0.2) is 0 Å². The molecule has 2 amide bonds. The van der Waals surface area contributed by atoms with Crippen LogP contribution < -0.4 is 10.6 Å². The Morgan fingerprint density at radius 1 is 0.795 bits per heavy atom. The number of aromatic hydroxyl groups is 1. The fourth-order valence-electron chi connectivity index (χ4n) is 5.76. The molecule has 4 N–H and O–H groups in total. The minimum absolute atomic E-state index is 0.0254. The van der Waals surface area contributed by atoms with Gasteiger partial charge in [0.1, 0.15) is 12.4 Å². The Morgan fingerprint density at radius 2 is 1.27 bits per heavy atom. The zero-order chi connectivity index (χ0) is 33.3. The molecule has 2 rings (SSSR count). The first-order valence-electron chi connectivity index (χ1n) is 14.5. The van der Waals surface area contributed by atoms with Gasteiger partial charge >= 0.3 is 11.9 Å². The largest absolute Gasteiger partial charge is 0.508 e. The smallest absolute Gasteiger partial charge is 0.311 e. The van der Waals surface area contributed by atoms with Crippen LogP contribution in [0.25, 0.3) is 0 Å². The average molecular weight is 611 g/mol. The summed E-state index contributed by atoms with van der Waals surface area (Å²) >= 11 is 0. The van der Waals surface area contributed by atoms with Crippen LogP contribution in [-0.2, 0) is 35.3 Å². The van der Waals surface area contributed by atoms with Crippen molar-refractivity contribution >= 4 is 35.1 Å². The molecule has 240 valence electrons. The van der Waals surface area contributed by atoms with E-state index in [0.717, 1.165) is 5.56 Å². The number of carboxylic acids is 1. The van der Waals surface area contributed by atoms with E-state index in [-0.39, 0.29) is 30.9 Å². The summed E-state index contributed by atoms with van der Waals surface area (Å²) in [6.45, 7) is 13.8. The second kappa shape index (κ2) is 14.4. The first kappa shape index (κ1) is 35.9. The molecule has 0 saturated carbocycles. The molecule has 3 unspecified atom stereocenters. The highest BCUT2D eigenvalue weighted by Gasteiger charge is 2.52. The van der Waals surface area contributed by atoms with Crippen LogP contribution >= 0.6 is 0 Å². The molecule has 0 spiro atoms. The monoisotopic (exact) mass is 610 g/mol. The summed E-state index contributed by atoms with van der Waals surface area (Å²) in [6.07, 6.45) is 1.52. The van der Waals surface area contributed by atoms with Crippen molar-refractivity contribution in [3.8, 4) is 5.75 Å². The molecular formula is C34H46N2O8. The zero-order valence-electron chi connectivity index (χ0n) is 26.8. The number of hydrogen-bond acceptors (Lipinski definition) is 7. The number of carbonyl (C=O) groups excluding carboxylic acids is 3. The first-order chi connectivity index (χ1) is 20.4. The molecule has 0 fully saturated rings. The van der Waals surface area contributed by atoms with E-state index in [2.05, 4.69) is 17.2 Å². The molecule has 0 saturated heterocycles. The Hall–Kier alpha value is -4.34. The number of carboxylic acid groups (broad SMARTS) is 1. The number of phenols is 1. The van der Waals surface area contributed by atoms with Gasteiger partial charge in [0.25, 0.3) is 0 Å². The van der Waals surface area contributed by atoms with Crippen molar-refractivity contribution in [3.05, 3.63) is 66.9 Å². The SMILES string of the molecule is C=COCc1ccc(NC(=O)C(C)(CC(C)(CC)C(=O)Nc2ccc(O)cc2)CC(C)(CC(C)(C)C(=O)O)C(=O)OC)cc1. The maximum absolute atomic E-state index is 14.2. The average Bonchev–Trinajstić information content (AvgIpc) is 2.96. The molecule has 0 aliphatic heterocycles. The van der Waals surface area contributed by atoms with Crippen molar-refractivity contribution in [1.82, 2.24) is 0 Å². The van der Waals surface area contributed by atoms with Crippen molar-refractivity contribution in [2.45, 2.75) is 73.8 Å². The van der Waals surface area contributed by atoms with Crippen molar-refractivity contribution in [1.29, 1.82) is 0 Å². The molecule has 0 bridgehead atoms. The second-order valence-electron chi connectivity index (χ2n) is 12.9. The third-order valence-corrected chi connectivity index (χ3v) is 8.23. The van der Waals surface area contributed by atoms with Gasteiger partial charge in [-0.25, -0.2) is 0 Å². The van der Waals surface area contributed by atoms with Crippen LogP contribution in [-0.4, -0.2) is 41.1 Å². The van der Waals surface area contributed by atoms with Crippen molar-refractivity contribution in [2.24, 2.45) is 21.7 Å². The molecule has 0 aromatic heterocycles. The number of phenolic OH excluding ortho intramolecular Hbond substituents is 1. The van der Waals surface area contributed by atoms with Gasteiger partial charge < -0.3 is 30.3 Å². The number of hydrogen-bond donors (Lipinski definition) is 4. The van der Waals surface area contributed by atoms with Gasteiger partial charge in [-0.15, -0.1) is 0 Å². The Labute approximate surface area is 259 Å². The quantitative estimate of drug-likeness (QED) is 0.0954. The van der Waals surface area contributed by atoms with E-state index in [4.69, 9.17) is 9.47 Å². The highest BCUT2D eigenvalue weighted by molar-refractivity contribution is 5.98. The van der Waals surface area contributed by atoms with E-state index >= 15 is 0 Å². The summed E-state index contributed by atoms with van der Waals surface area (Å²) in [5.74, 6) is -2.47. The van der Waals surface area contributed by atoms with Crippen LogP contribution in [0.5, 0.6) is 5.75 Å². The molecule has 0 heterocycles. The van der Waals surface area contributed by atoms with Crippen LogP contribution in [0.3, 0.4) is 0 Å². The molecule has 2 aromatic carbocycles. The molecule has 0 aliphatic carbocycles. The van der Waals surface area contributed by atoms with E-state index in [1.165, 1.54) is 39.4 Å². The first-order valence-corrected chi connectivity index (χ1v) is 14.5. The number of carbonyl (C=O) groups is 4. The third kappa shape index (κ3) is 9.08.